The zero-order valence-corrected chi connectivity index (χ0v) is 10.4. The van der Waals surface area contributed by atoms with Gasteiger partial charge in [0.1, 0.15) is 0 Å². The Kier molecular flexibility index (Phi) is 3.92. The summed E-state index contributed by atoms with van der Waals surface area (Å²) in [5, 5.41) is 0. The molecule has 0 atom stereocenters. The van der Waals surface area contributed by atoms with Crippen LogP contribution in [0.5, 0.6) is 0 Å². The normalized spacial score (nSPS) is 13.6. The molecule has 2 heterocycles. The Bertz CT molecular complexity index is 459. The average Bonchev–Trinajstić information content (AvgIpc) is 2.68. The van der Waals surface area contributed by atoms with Crippen molar-refractivity contribution >= 4 is 11.9 Å². The first-order chi connectivity index (χ1) is 8.72. The highest BCUT2D eigenvalue weighted by Gasteiger charge is 2.27. The average molecular weight is 248 g/mol. The summed E-state index contributed by atoms with van der Waals surface area (Å²) in [4.78, 5) is 29.0. The molecule has 0 bridgehead atoms. The predicted molar refractivity (Wildman–Crippen MR) is 64.8 cm³/mol. The molecule has 0 aliphatic carbocycles. The smallest absolute Gasteiger partial charge is 0.305 e. The lowest BCUT2D eigenvalue weighted by atomic mass is 10.2. The summed E-state index contributed by atoms with van der Waals surface area (Å²) in [6.45, 7) is 3.28. The number of aromatic nitrogens is 1. The molecule has 1 amide bonds. The fourth-order valence-electron chi connectivity index (χ4n) is 2.01. The van der Waals surface area contributed by atoms with Gasteiger partial charge in [-0.25, -0.2) is 0 Å². The summed E-state index contributed by atoms with van der Waals surface area (Å²) < 4.78 is 4.84. The molecule has 96 valence electrons. The highest BCUT2D eigenvalue weighted by Crippen LogP contribution is 2.20. The number of amides is 1. The van der Waals surface area contributed by atoms with Gasteiger partial charge in [0.25, 0.3) is 5.91 Å². The maximum absolute atomic E-state index is 12.0. The first-order valence-electron chi connectivity index (χ1n) is 6.11. The number of pyridine rings is 1. The summed E-state index contributed by atoms with van der Waals surface area (Å²) in [6.07, 6.45) is 2.66. The van der Waals surface area contributed by atoms with Crippen LogP contribution in [0.1, 0.15) is 35.8 Å². The second-order valence-electron chi connectivity index (χ2n) is 4.13. The van der Waals surface area contributed by atoms with Gasteiger partial charge in [0.2, 0.25) is 0 Å². The first kappa shape index (κ1) is 12.5. The molecular formula is C13H16N2O3. The second kappa shape index (κ2) is 5.62. The lowest BCUT2D eigenvalue weighted by molar-refractivity contribution is -0.143. The van der Waals surface area contributed by atoms with E-state index in [9.17, 15) is 9.59 Å². The number of esters is 1. The van der Waals surface area contributed by atoms with Crippen molar-refractivity contribution in [2.45, 2.75) is 26.3 Å². The third kappa shape index (κ3) is 2.67. The standard InChI is InChI=1S/C13H16N2O3/c1-2-18-12(16)6-4-8-15-9-11-10(13(15)17)5-3-7-14-11/h3,5,7H,2,4,6,8-9H2,1H3. The van der Waals surface area contributed by atoms with Crippen LogP contribution in [0.2, 0.25) is 0 Å². The summed E-state index contributed by atoms with van der Waals surface area (Å²) in [5.74, 6) is -0.207. The predicted octanol–water partition coefficient (Wildman–Crippen LogP) is 1.38. The summed E-state index contributed by atoms with van der Waals surface area (Å²) in [6, 6.07) is 3.55. The summed E-state index contributed by atoms with van der Waals surface area (Å²) in [5.41, 5.74) is 1.49. The van der Waals surface area contributed by atoms with Crippen molar-refractivity contribution in [1.82, 2.24) is 9.88 Å². The van der Waals surface area contributed by atoms with Crippen LogP contribution in [0.15, 0.2) is 18.3 Å². The zero-order valence-electron chi connectivity index (χ0n) is 10.4. The number of nitrogens with zero attached hydrogens (tertiary/aromatic N) is 2. The van der Waals surface area contributed by atoms with Gasteiger partial charge in [-0.3, -0.25) is 14.6 Å². The minimum Gasteiger partial charge on any atom is -0.466 e. The third-order valence-electron chi connectivity index (χ3n) is 2.86. The van der Waals surface area contributed by atoms with E-state index in [1.54, 1.807) is 30.2 Å². The molecule has 0 N–H and O–H groups in total. The number of carbonyl (C=O) groups is 2. The molecule has 1 aliphatic heterocycles. The zero-order chi connectivity index (χ0) is 13.0. The number of ether oxygens (including phenoxy) is 1. The van der Waals surface area contributed by atoms with E-state index in [2.05, 4.69) is 4.98 Å². The molecule has 5 nitrogen and oxygen atoms in total. The Hall–Kier alpha value is -1.91. The van der Waals surface area contributed by atoms with Gasteiger partial charge >= 0.3 is 5.97 Å². The van der Waals surface area contributed by atoms with Crippen molar-refractivity contribution in [3.8, 4) is 0 Å². The highest BCUT2D eigenvalue weighted by molar-refractivity contribution is 5.97. The first-order valence-corrected chi connectivity index (χ1v) is 6.11. The van der Waals surface area contributed by atoms with Crippen LogP contribution >= 0.6 is 0 Å². The lowest BCUT2D eigenvalue weighted by Crippen LogP contribution is -2.25. The van der Waals surface area contributed by atoms with Crippen LogP contribution in [0.4, 0.5) is 0 Å². The van der Waals surface area contributed by atoms with E-state index < -0.39 is 0 Å². The molecule has 1 aromatic rings. The number of hydrogen-bond donors (Lipinski definition) is 0. The molecule has 0 radical (unpaired) electrons. The molecule has 1 aromatic heterocycles. The lowest BCUT2D eigenvalue weighted by Gasteiger charge is -2.14. The van der Waals surface area contributed by atoms with Crippen molar-refractivity contribution in [3.63, 3.8) is 0 Å². The fraction of sp³-hybridized carbons (Fsp3) is 0.462. The monoisotopic (exact) mass is 248 g/mol. The van der Waals surface area contributed by atoms with Crippen molar-refractivity contribution in [3.05, 3.63) is 29.6 Å². The van der Waals surface area contributed by atoms with Crippen LogP contribution in [-0.4, -0.2) is 34.9 Å². The van der Waals surface area contributed by atoms with Gasteiger partial charge in [-0.15, -0.1) is 0 Å². The molecule has 1 aliphatic rings. The van der Waals surface area contributed by atoms with Crippen LogP contribution in [0.3, 0.4) is 0 Å². The van der Waals surface area contributed by atoms with Gasteiger partial charge in [-0.05, 0) is 25.5 Å². The summed E-state index contributed by atoms with van der Waals surface area (Å²) >= 11 is 0. The fourth-order valence-corrected chi connectivity index (χ4v) is 2.01. The molecule has 5 heteroatoms. The molecule has 0 saturated carbocycles. The van der Waals surface area contributed by atoms with E-state index in [0.29, 0.717) is 38.1 Å². The highest BCUT2D eigenvalue weighted by atomic mass is 16.5. The SMILES string of the molecule is CCOC(=O)CCCN1Cc2ncccc2C1=O. The van der Waals surface area contributed by atoms with Crippen molar-refractivity contribution in [1.29, 1.82) is 0 Å². The Balaban J connectivity index is 1.83. The maximum atomic E-state index is 12.0. The Morgan fingerprint density at radius 1 is 1.56 bits per heavy atom. The van der Waals surface area contributed by atoms with Crippen LogP contribution in [0.25, 0.3) is 0 Å². The van der Waals surface area contributed by atoms with Crippen molar-refractivity contribution < 1.29 is 14.3 Å². The molecule has 0 unspecified atom stereocenters. The molecule has 0 saturated heterocycles. The molecule has 18 heavy (non-hydrogen) atoms. The van der Waals surface area contributed by atoms with E-state index in [0.717, 1.165) is 5.69 Å². The summed E-state index contributed by atoms with van der Waals surface area (Å²) in [7, 11) is 0. The number of carbonyl (C=O) groups excluding carboxylic acids is 2. The second-order valence-corrected chi connectivity index (χ2v) is 4.13. The van der Waals surface area contributed by atoms with Crippen LogP contribution < -0.4 is 0 Å². The third-order valence-corrected chi connectivity index (χ3v) is 2.86. The number of hydrogen-bond acceptors (Lipinski definition) is 4. The van der Waals surface area contributed by atoms with Gasteiger partial charge in [-0.2, -0.15) is 0 Å². The van der Waals surface area contributed by atoms with Gasteiger partial charge in [0.15, 0.2) is 0 Å². The Morgan fingerprint density at radius 2 is 2.39 bits per heavy atom. The van der Waals surface area contributed by atoms with Crippen LogP contribution in [-0.2, 0) is 16.1 Å². The van der Waals surface area contributed by atoms with E-state index in [1.807, 2.05) is 0 Å². The van der Waals surface area contributed by atoms with E-state index >= 15 is 0 Å². The van der Waals surface area contributed by atoms with Crippen LogP contribution in [0, 0.1) is 0 Å². The minimum atomic E-state index is -0.209. The van der Waals surface area contributed by atoms with E-state index in [1.165, 1.54) is 0 Å². The molecule has 0 aromatic carbocycles. The van der Waals surface area contributed by atoms with E-state index in [4.69, 9.17) is 4.74 Å². The maximum Gasteiger partial charge on any atom is 0.305 e. The Morgan fingerprint density at radius 3 is 3.11 bits per heavy atom. The van der Waals surface area contributed by atoms with Gasteiger partial charge in [0.05, 0.1) is 24.4 Å². The minimum absolute atomic E-state index is 0.00181. The largest absolute Gasteiger partial charge is 0.466 e. The molecular weight excluding hydrogens is 232 g/mol. The van der Waals surface area contributed by atoms with Gasteiger partial charge in [-0.1, -0.05) is 0 Å². The molecule has 0 fully saturated rings. The number of rotatable bonds is 5. The topological polar surface area (TPSA) is 59.5 Å². The number of fused-ring (bicyclic) bond motifs is 1. The molecule has 2 rings (SSSR count). The van der Waals surface area contributed by atoms with Gasteiger partial charge < -0.3 is 9.64 Å². The Labute approximate surface area is 106 Å². The quantitative estimate of drug-likeness (QED) is 0.739. The van der Waals surface area contributed by atoms with Crippen molar-refractivity contribution in [2.75, 3.05) is 13.2 Å². The van der Waals surface area contributed by atoms with Gasteiger partial charge in [0, 0.05) is 19.2 Å². The molecule has 0 spiro atoms. The van der Waals surface area contributed by atoms with Crippen molar-refractivity contribution in [2.24, 2.45) is 0 Å². The van der Waals surface area contributed by atoms with E-state index in [-0.39, 0.29) is 11.9 Å².